The van der Waals surface area contributed by atoms with E-state index >= 15 is 0 Å². The van der Waals surface area contributed by atoms with E-state index in [-0.39, 0.29) is 11.3 Å². The molecule has 8 heteroatoms. The van der Waals surface area contributed by atoms with Crippen molar-refractivity contribution >= 4 is 40.5 Å². The molecule has 0 aliphatic heterocycles. The van der Waals surface area contributed by atoms with Gasteiger partial charge in [0, 0.05) is 16.5 Å². The Kier molecular flexibility index (Phi) is 5.93. The van der Waals surface area contributed by atoms with Crippen LogP contribution in [0.3, 0.4) is 0 Å². The summed E-state index contributed by atoms with van der Waals surface area (Å²) in [6.45, 7) is 6.44. The number of benzene rings is 2. The first-order valence-electron chi connectivity index (χ1n) is 10.8. The van der Waals surface area contributed by atoms with E-state index in [1.165, 1.54) is 17.3 Å². The molecule has 0 saturated heterocycles. The average Bonchev–Trinajstić information content (AvgIpc) is 3.45. The van der Waals surface area contributed by atoms with Crippen molar-refractivity contribution in [3.8, 4) is 11.3 Å². The summed E-state index contributed by atoms with van der Waals surface area (Å²) in [5, 5.41) is 10.3. The monoisotopic (exact) mass is 485 g/mol. The highest BCUT2D eigenvalue weighted by Gasteiger charge is 2.15. The molecule has 0 aliphatic rings. The van der Waals surface area contributed by atoms with Gasteiger partial charge in [-0.1, -0.05) is 63.2 Å². The van der Waals surface area contributed by atoms with E-state index in [0.717, 1.165) is 20.6 Å². The van der Waals surface area contributed by atoms with Crippen molar-refractivity contribution < 1.29 is 4.79 Å². The molecule has 0 unspecified atom stereocenters. The van der Waals surface area contributed by atoms with Crippen molar-refractivity contribution in [3.05, 3.63) is 89.4 Å². The second kappa shape index (κ2) is 9.04. The number of carbonyl (C=O) groups excluding carboxylic acids is 1. The second-order valence-corrected chi connectivity index (χ2v) is 11.0. The van der Waals surface area contributed by atoms with Crippen LogP contribution in [0.25, 0.3) is 16.9 Å². The van der Waals surface area contributed by atoms with Gasteiger partial charge in [0.05, 0.1) is 11.9 Å². The van der Waals surface area contributed by atoms with Crippen molar-refractivity contribution in [2.75, 3.05) is 5.32 Å². The number of nitrogens with zero attached hydrogens (tertiary/aromatic N) is 4. The molecule has 0 atom stereocenters. The number of aromatic nitrogens is 4. The number of thiazole rings is 1. The van der Waals surface area contributed by atoms with Gasteiger partial charge in [0.15, 0.2) is 15.8 Å². The normalized spacial score (nSPS) is 11.6. The summed E-state index contributed by atoms with van der Waals surface area (Å²) in [5.74, 6) is 0.259. The summed E-state index contributed by atoms with van der Waals surface area (Å²) in [6, 6.07) is 21.6. The molecule has 5 aromatic rings. The van der Waals surface area contributed by atoms with Gasteiger partial charge in [-0.05, 0) is 47.0 Å². The van der Waals surface area contributed by atoms with E-state index in [2.05, 4.69) is 41.6 Å². The summed E-state index contributed by atoms with van der Waals surface area (Å²) in [4.78, 5) is 21.9. The number of rotatable bonds is 5. The van der Waals surface area contributed by atoms with Crippen LogP contribution in [0.2, 0.25) is 0 Å². The van der Waals surface area contributed by atoms with Gasteiger partial charge < -0.3 is 5.32 Å². The maximum absolute atomic E-state index is 12.7. The number of hydrogen-bond acceptors (Lipinski definition) is 6. The molecule has 3 heterocycles. The minimum atomic E-state index is -0.199. The van der Waals surface area contributed by atoms with E-state index in [1.807, 2.05) is 66.7 Å². The Balaban J connectivity index is 1.29. The van der Waals surface area contributed by atoms with Gasteiger partial charge >= 0.3 is 0 Å². The van der Waals surface area contributed by atoms with Gasteiger partial charge in [-0.15, -0.1) is 11.3 Å². The molecule has 2 aromatic carbocycles. The van der Waals surface area contributed by atoms with Crippen LogP contribution >= 0.6 is 23.1 Å². The van der Waals surface area contributed by atoms with Crippen molar-refractivity contribution in [2.45, 2.75) is 35.6 Å². The average molecular weight is 486 g/mol. The van der Waals surface area contributed by atoms with Crippen molar-refractivity contribution in [1.29, 1.82) is 0 Å². The van der Waals surface area contributed by atoms with Gasteiger partial charge in [-0.3, -0.25) is 4.79 Å². The number of nitrogens with one attached hydrogen (secondary N) is 1. The Morgan fingerprint density at radius 2 is 1.74 bits per heavy atom. The lowest BCUT2D eigenvalue weighted by Gasteiger charge is -2.18. The number of anilines is 1. The highest BCUT2D eigenvalue weighted by atomic mass is 32.2. The van der Waals surface area contributed by atoms with Crippen LogP contribution in [0.1, 0.15) is 36.7 Å². The first-order chi connectivity index (χ1) is 16.3. The predicted octanol–water partition coefficient (Wildman–Crippen LogP) is 6.55. The fourth-order valence-electron chi connectivity index (χ4n) is 3.42. The van der Waals surface area contributed by atoms with Gasteiger partial charge in [0.1, 0.15) is 5.03 Å². The zero-order valence-corrected chi connectivity index (χ0v) is 20.7. The molecule has 3 aromatic heterocycles. The lowest BCUT2D eigenvalue weighted by atomic mass is 9.87. The summed E-state index contributed by atoms with van der Waals surface area (Å²) in [6.07, 6.45) is 1.72. The van der Waals surface area contributed by atoms with Gasteiger partial charge in [-0.25, -0.2) is 14.5 Å². The molecular weight excluding hydrogens is 462 g/mol. The van der Waals surface area contributed by atoms with E-state index in [1.54, 1.807) is 22.0 Å². The molecule has 0 bridgehead atoms. The smallest absolute Gasteiger partial charge is 0.256 e. The molecule has 6 nitrogen and oxygen atoms in total. The van der Waals surface area contributed by atoms with Gasteiger partial charge in [-0.2, -0.15) is 5.10 Å². The number of amides is 1. The van der Waals surface area contributed by atoms with Crippen LogP contribution < -0.4 is 5.32 Å². The van der Waals surface area contributed by atoms with E-state index in [0.29, 0.717) is 17.0 Å². The van der Waals surface area contributed by atoms with Crippen molar-refractivity contribution in [2.24, 2.45) is 0 Å². The third-order valence-corrected chi connectivity index (χ3v) is 7.16. The topological polar surface area (TPSA) is 72.2 Å². The largest absolute Gasteiger partial charge is 0.305 e. The third-order valence-electron chi connectivity index (χ3n) is 5.29. The Labute approximate surface area is 206 Å². The van der Waals surface area contributed by atoms with E-state index < -0.39 is 0 Å². The molecule has 1 N–H and O–H groups in total. The van der Waals surface area contributed by atoms with Crippen LogP contribution in [-0.4, -0.2) is 25.5 Å². The maximum Gasteiger partial charge on any atom is 0.256 e. The number of imidazole rings is 1. The second-order valence-electron chi connectivity index (χ2n) is 8.85. The fourth-order valence-corrected chi connectivity index (χ4v) is 5.16. The zero-order valence-electron chi connectivity index (χ0n) is 19.0. The van der Waals surface area contributed by atoms with Gasteiger partial charge in [0.2, 0.25) is 0 Å². The molecule has 0 fully saturated rings. The summed E-state index contributed by atoms with van der Waals surface area (Å²) < 4.78 is 2.59. The van der Waals surface area contributed by atoms with Crippen LogP contribution in [0.15, 0.2) is 87.7 Å². The molecule has 0 saturated carbocycles. The maximum atomic E-state index is 12.7. The standard InChI is InChI=1S/C26H23N5OS2/c1-26(2,3)19-11-9-18(10-12-19)24(32)29-21-15-31-22(28-21)13-14-23(30-31)34-25-27-20(16-33-25)17-7-5-4-6-8-17/h4-16H,1-3H3,(H,29,32). The number of carbonyl (C=O) groups is 1. The third kappa shape index (κ3) is 4.88. The van der Waals surface area contributed by atoms with Crippen LogP contribution in [0.5, 0.6) is 0 Å². The van der Waals surface area contributed by atoms with Gasteiger partial charge in [0.25, 0.3) is 5.91 Å². The lowest BCUT2D eigenvalue weighted by molar-refractivity contribution is 0.102. The number of fused-ring (bicyclic) bond motifs is 1. The molecule has 34 heavy (non-hydrogen) atoms. The molecule has 1 amide bonds. The zero-order chi connectivity index (χ0) is 23.7. The molecule has 5 rings (SSSR count). The Morgan fingerprint density at radius 3 is 2.47 bits per heavy atom. The Hall–Kier alpha value is -3.49. The lowest BCUT2D eigenvalue weighted by Crippen LogP contribution is -2.14. The van der Waals surface area contributed by atoms with E-state index in [4.69, 9.17) is 4.98 Å². The van der Waals surface area contributed by atoms with Crippen molar-refractivity contribution in [3.63, 3.8) is 0 Å². The first-order valence-corrected chi connectivity index (χ1v) is 12.5. The van der Waals surface area contributed by atoms with Crippen LogP contribution in [0.4, 0.5) is 5.82 Å². The predicted molar refractivity (Wildman–Crippen MR) is 138 cm³/mol. The quantitative estimate of drug-likeness (QED) is 0.305. The molecule has 0 aliphatic carbocycles. The fraction of sp³-hybridized carbons (Fsp3) is 0.154. The highest BCUT2D eigenvalue weighted by Crippen LogP contribution is 2.32. The minimum Gasteiger partial charge on any atom is -0.305 e. The highest BCUT2D eigenvalue weighted by molar-refractivity contribution is 8.01. The molecule has 0 spiro atoms. The SMILES string of the molecule is CC(C)(C)c1ccc(C(=O)Nc2cn3nc(Sc4nc(-c5ccccc5)cs4)ccc3n2)cc1. The Bertz CT molecular complexity index is 1450. The Morgan fingerprint density at radius 1 is 0.971 bits per heavy atom. The first kappa shape index (κ1) is 22.3. The number of hydrogen-bond donors (Lipinski definition) is 1. The van der Waals surface area contributed by atoms with Crippen molar-refractivity contribution in [1.82, 2.24) is 19.6 Å². The van der Waals surface area contributed by atoms with E-state index in [9.17, 15) is 4.79 Å². The van der Waals surface area contributed by atoms with Crippen LogP contribution in [0, 0.1) is 0 Å². The molecular formula is C26H23N5OS2. The minimum absolute atomic E-state index is 0.0414. The molecule has 0 radical (unpaired) electrons. The molecule has 170 valence electrons. The van der Waals surface area contributed by atoms with Crippen LogP contribution in [-0.2, 0) is 5.41 Å². The summed E-state index contributed by atoms with van der Waals surface area (Å²) >= 11 is 3.09. The summed E-state index contributed by atoms with van der Waals surface area (Å²) in [7, 11) is 0. The summed E-state index contributed by atoms with van der Waals surface area (Å²) in [5.41, 5.74) is 4.52.